The number of rotatable bonds is 1. The maximum absolute atomic E-state index is 10.4. The van der Waals surface area contributed by atoms with Crippen LogP contribution < -0.4 is 0 Å². The molecule has 0 aliphatic carbocycles. The number of aromatic carboxylic acids is 1. The van der Waals surface area contributed by atoms with Gasteiger partial charge in [-0.25, -0.2) is 4.79 Å². The smallest absolute Gasteiger partial charge is 0.335 e. The van der Waals surface area contributed by atoms with Crippen molar-refractivity contribution < 1.29 is 9.90 Å². The monoisotopic (exact) mass is 164 g/mol. The number of carboxylic acids is 1. The van der Waals surface area contributed by atoms with Crippen molar-refractivity contribution in [3.8, 4) is 0 Å². The Balaban J connectivity index is 0.000000561. The van der Waals surface area contributed by atoms with E-state index in [-0.39, 0.29) is 0 Å². The van der Waals surface area contributed by atoms with Crippen molar-refractivity contribution >= 4 is 5.97 Å². The Kier molecular flexibility index (Phi) is 4.09. The highest BCUT2D eigenvalue weighted by molar-refractivity contribution is 5.89. The van der Waals surface area contributed by atoms with Gasteiger partial charge >= 0.3 is 5.97 Å². The van der Waals surface area contributed by atoms with Gasteiger partial charge in [0.1, 0.15) is 0 Å². The number of hydrogen-bond acceptors (Lipinski definition) is 3. The van der Waals surface area contributed by atoms with Crippen molar-refractivity contribution in [2.24, 2.45) is 0 Å². The molecule has 1 rings (SSSR count). The summed E-state index contributed by atoms with van der Waals surface area (Å²) >= 11 is 0. The van der Waals surface area contributed by atoms with Gasteiger partial charge in [0.15, 0.2) is 0 Å². The summed E-state index contributed by atoms with van der Waals surface area (Å²) in [6, 6.07) is 6.92. The molecule has 0 amide bonds. The van der Waals surface area contributed by atoms with Crippen LogP contribution in [-0.4, -0.2) is 11.1 Å². The largest absolute Gasteiger partial charge is 0.478 e. The first-order chi connectivity index (χ1) is 5.72. The van der Waals surface area contributed by atoms with E-state index >= 15 is 0 Å². The Hall–Kier alpha value is -1.89. The molecule has 0 radical (unpaired) electrons. The van der Waals surface area contributed by atoms with Crippen LogP contribution in [0.2, 0.25) is 0 Å². The molecule has 1 aromatic carbocycles. The quantitative estimate of drug-likeness (QED) is 0.640. The minimum absolute atomic E-state index is 0.377. The first kappa shape index (κ1) is 10.1. The first-order valence-electron chi connectivity index (χ1n) is 3.21. The zero-order chi connectivity index (χ0) is 9.56. The van der Waals surface area contributed by atoms with Crippen LogP contribution in [0.4, 0.5) is 0 Å². The molecule has 62 valence electrons. The minimum Gasteiger partial charge on any atom is -0.478 e. The second kappa shape index (κ2) is 4.85. The number of aryl methyl sites for hydroxylation is 1. The number of carboxylic acid groups (broad SMARTS) is 1. The van der Waals surface area contributed by atoms with E-state index in [0.29, 0.717) is 5.56 Å². The highest BCUT2D eigenvalue weighted by Crippen LogP contribution is 2.05. The molecule has 0 heterocycles. The van der Waals surface area contributed by atoms with Crippen molar-refractivity contribution in [1.29, 1.82) is 10.8 Å². The summed E-state index contributed by atoms with van der Waals surface area (Å²) in [6.07, 6.45) is 0. The lowest BCUT2D eigenvalue weighted by atomic mass is 10.1. The molecule has 0 aliphatic rings. The van der Waals surface area contributed by atoms with Crippen LogP contribution in [0.3, 0.4) is 0 Å². The van der Waals surface area contributed by atoms with Crippen LogP contribution in [0.1, 0.15) is 15.9 Å². The molecule has 0 atom stereocenters. The van der Waals surface area contributed by atoms with Gasteiger partial charge in [0, 0.05) is 10.8 Å². The van der Waals surface area contributed by atoms with Gasteiger partial charge in [0.2, 0.25) is 0 Å². The summed E-state index contributed by atoms with van der Waals surface area (Å²) in [5, 5.41) is 20.6. The second-order valence-electron chi connectivity index (χ2n) is 2.12. The molecule has 0 spiro atoms. The van der Waals surface area contributed by atoms with Gasteiger partial charge in [-0.3, -0.25) is 0 Å². The van der Waals surface area contributed by atoms with Gasteiger partial charge in [-0.05, 0) is 18.6 Å². The van der Waals surface area contributed by atoms with E-state index in [4.69, 9.17) is 15.9 Å². The fraction of sp³-hybridized carbons (Fsp3) is 0.125. The number of hydrogen-bond donors (Lipinski definition) is 1. The number of benzene rings is 1. The maximum atomic E-state index is 10.4. The fourth-order valence-corrected chi connectivity index (χ4v) is 0.813. The predicted molar refractivity (Wildman–Crippen MR) is 41.6 cm³/mol. The Morgan fingerprint density at radius 2 is 1.83 bits per heavy atom. The predicted octanol–water partition coefficient (Wildman–Crippen LogP) is 1.72. The molecule has 0 unspecified atom stereocenters. The van der Waals surface area contributed by atoms with E-state index in [1.807, 2.05) is 6.07 Å². The second-order valence-corrected chi connectivity index (χ2v) is 2.12. The van der Waals surface area contributed by atoms with Gasteiger partial charge in [0.25, 0.3) is 0 Å². The van der Waals surface area contributed by atoms with Gasteiger partial charge in [-0.15, -0.1) is 0 Å². The summed E-state index contributed by atoms with van der Waals surface area (Å²) in [6.45, 7) is 1.78. The molecule has 1 N–H and O–H groups in total. The lowest BCUT2D eigenvalue weighted by Gasteiger charge is -1.96. The Bertz CT molecular complexity index is 294. The lowest BCUT2D eigenvalue weighted by molar-refractivity contribution is 0.0696. The lowest BCUT2D eigenvalue weighted by Crippen LogP contribution is -1.97. The van der Waals surface area contributed by atoms with E-state index < -0.39 is 5.97 Å². The maximum Gasteiger partial charge on any atom is 0.335 e. The average Bonchev–Trinajstić information content (AvgIpc) is 2.08. The molecule has 12 heavy (non-hydrogen) atoms. The molecule has 4 nitrogen and oxygen atoms in total. The van der Waals surface area contributed by atoms with E-state index in [9.17, 15) is 4.79 Å². The van der Waals surface area contributed by atoms with Crippen LogP contribution in [-0.2, 0) is 0 Å². The molecule has 1 aromatic rings. The van der Waals surface area contributed by atoms with Crippen LogP contribution in [0, 0.1) is 17.7 Å². The standard InChI is InChI=1S/C8H8O2.N2/c1-6-4-2-3-5-7(6)8(9)10;1-2/h2-5H,1H3,(H,9,10);. The van der Waals surface area contributed by atoms with E-state index in [2.05, 4.69) is 0 Å². The SMILES string of the molecule is Cc1ccccc1C(=O)O.N#N. The van der Waals surface area contributed by atoms with Crippen LogP contribution in [0.5, 0.6) is 0 Å². The zero-order valence-corrected chi connectivity index (χ0v) is 6.56. The minimum atomic E-state index is -0.863. The van der Waals surface area contributed by atoms with Gasteiger partial charge in [0.05, 0.1) is 5.56 Å². The average molecular weight is 164 g/mol. The molecule has 4 heteroatoms. The molecule has 0 fully saturated rings. The topological polar surface area (TPSA) is 84.9 Å². The highest BCUT2D eigenvalue weighted by atomic mass is 16.4. The van der Waals surface area contributed by atoms with Gasteiger partial charge in [-0.2, -0.15) is 0 Å². The number of carbonyl (C=O) groups is 1. The summed E-state index contributed by atoms with van der Waals surface area (Å²) < 4.78 is 0. The molecule has 0 aliphatic heterocycles. The third-order valence-corrected chi connectivity index (χ3v) is 1.38. The summed E-state index contributed by atoms with van der Waals surface area (Å²) in [4.78, 5) is 10.4. The Labute approximate surface area is 69.9 Å². The van der Waals surface area contributed by atoms with Crippen molar-refractivity contribution in [3.63, 3.8) is 0 Å². The fourth-order valence-electron chi connectivity index (χ4n) is 0.813. The number of nitrogens with zero attached hydrogens (tertiary/aromatic N) is 2. The molecule has 0 bridgehead atoms. The van der Waals surface area contributed by atoms with Crippen LogP contribution >= 0.6 is 0 Å². The highest BCUT2D eigenvalue weighted by Gasteiger charge is 2.02. The molecule has 0 saturated carbocycles. The van der Waals surface area contributed by atoms with Crippen molar-refractivity contribution in [1.82, 2.24) is 0 Å². The Morgan fingerprint density at radius 3 is 2.17 bits per heavy atom. The summed E-state index contributed by atoms with van der Waals surface area (Å²) in [5.41, 5.74) is 1.18. The van der Waals surface area contributed by atoms with Crippen LogP contribution in [0.25, 0.3) is 0 Å². The zero-order valence-electron chi connectivity index (χ0n) is 6.56. The van der Waals surface area contributed by atoms with Gasteiger partial charge in [-0.1, -0.05) is 18.2 Å². The summed E-state index contributed by atoms with van der Waals surface area (Å²) in [7, 11) is 0. The molecular weight excluding hydrogens is 156 g/mol. The van der Waals surface area contributed by atoms with Gasteiger partial charge < -0.3 is 5.11 Å². The third-order valence-electron chi connectivity index (χ3n) is 1.38. The third kappa shape index (κ3) is 2.39. The van der Waals surface area contributed by atoms with Crippen molar-refractivity contribution in [2.75, 3.05) is 0 Å². The van der Waals surface area contributed by atoms with Crippen molar-refractivity contribution in [2.45, 2.75) is 6.92 Å². The first-order valence-corrected chi connectivity index (χ1v) is 3.21. The summed E-state index contributed by atoms with van der Waals surface area (Å²) in [5.74, 6) is -0.863. The molecule has 0 saturated heterocycles. The molecule has 0 aromatic heterocycles. The van der Waals surface area contributed by atoms with E-state index in [1.54, 1.807) is 25.1 Å². The van der Waals surface area contributed by atoms with E-state index in [1.165, 1.54) is 0 Å². The van der Waals surface area contributed by atoms with E-state index in [0.717, 1.165) is 5.56 Å². The molecular formula is C8H8N2O2. The normalized spacial score (nSPS) is 7.92. The van der Waals surface area contributed by atoms with Crippen LogP contribution in [0.15, 0.2) is 24.3 Å². The Morgan fingerprint density at radius 1 is 1.33 bits per heavy atom. The van der Waals surface area contributed by atoms with Crippen molar-refractivity contribution in [3.05, 3.63) is 35.4 Å².